The van der Waals surface area contributed by atoms with Gasteiger partial charge in [0.15, 0.2) is 0 Å². The van der Waals surface area contributed by atoms with Crippen LogP contribution in [-0.2, 0) is 6.54 Å². The predicted octanol–water partition coefficient (Wildman–Crippen LogP) is 3.26. The third-order valence-corrected chi connectivity index (χ3v) is 3.85. The van der Waals surface area contributed by atoms with E-state index in [0.29, 0.717) is 36.9 Å². The van der Waals surface area contributed by atoms with Gasteiger partial charge in [-0.15, -0.1) is 0 Å². The number of aromatic nitrogens is 2. The van der Waals surface area contributed by atoms with Crippen LogP contribution in [0.1, 0.15) is 16.1 Å². The lowest BCUT2D eigenvalue weighted by molar-refractivity contribution is 0.112. The van der Waals surface area contributed by atoms with E-state index < -0.39 is 0 Å². The number of methoxy groups -OCH3 is 1. The van der Waals surface area contributed by atoms with Crippen molar-refractivity contribution in [3.8, 4) is 23.1 Å². The monoisotopic (exact) mass is 379 g/mol. The fourth-order valence-electron chi connectivity index (χ4n) is 2.39. The number of nitrogens with zero attached hydrogens (tertiary/aromatic N) is 2. The van der Waals surface area contributed by atoms with E-state index in [1.54, 1.807) is 37.4 Å². The van der Waals surface area contributed by atoms with Gasteiger partial charge in [-0.2, -0.15) is 0 Å². The molecular formula is C21H21N3O4. The molecule has 0 aliphatic carbocycles. The predicted molar refractivity (Wildman–Crippen MR) is 104 cm³/mol. The van der Waals surface area contributed by atoms with Gasteiger partial charge in [-0.05, 0) is 48.5 Å². The van der Waals surface area contributed by atoms with Crippen LogP contribution in [-0.4, -0.2) is 36.5 Å². The van der Waals surface area contributed by atoms with E-state index in [0.717, 1.165) is 23.5 Å². The molecule has 0 fully saturated rings. The number of rotatable bonds is 10. The third-order valence-electron chi connectivity index (χ3n) is 3.85. The molecule has 0 bridgehead atoms. The van der Waals surface area contributed by atoms with Crippen molar-refractivity contribution in [2.75, 3.05) is 20.3 Å². The average molecular weight is 379 g/mol. The highest BCUT2D eigenvalue weighted by molar-refractivity contribution is 5.74. The van der Waals surface area contributed by atoms with Crippen molar-refractivity contribution >= 4 is 6.29 Å². The molecule has 0 amide bonds. The van der Waals surface area contributed by atoms with Crippen molar-refractivity contribution in [3.63, 3.8) is 0 Å². The summed E-state index contributed by atoms with van der Waals surface area (Å²) >= 11 is 0. The first-order valence-corrected chi connectivity index (χ1v) is 8.78. The van der Waals surface area contributed by atoms with Gasteiger partial charge in [-0.25, -0.2) is 9.97 Å². The number of aldehydes is 1. The Morgan fingerprint density at radius 2 is 1.68 bits per heavy atom. The molecular weight excluding hydrogens is 358 g/mol. The van der Waals surface area contributed by atoms with E-state index in [2.05, 4.69) is 15.3 Å². The van der Waals surface area contributed by atoms with Crippen molar-refractivity contribution < 1.29 is 19.0 Å². The minimum absolute atomic E-state index is 0.475. The maximum absolute atomic E-state index is 10.6. The van der Waals surface area contributed by atoms with Gasteiger partial charge < -0.3 is 19.5 Å². The number of hydrogen-bond donors (Lipinski definition) is 1. The van der Waals surface area contributed by atoms with Gasteiger partial charge in [0, 0.05) is 24.7 Å². The first kappa shape index (κ1) is 19.3. The molecule has 2 aromatic carbocycles. The van der Waals surface area contributed by atoms with Gasteiger partial charge in [0.05, 0.1) is 12.8 Å². The Kier molecular flexibility index (Phi) is 6.92. The SMILES string of the molecule is COc1ccc(Oc2cc(CNCCOc3ccc(C=O)cc3)ncn2)cc1. The van der Waals surface area contributed by atoms with Crippen LogP contribution in [0.15, 0.2) is 60.9 Å². The topological polar surface area (TPSA) is 82.6 Å². The fourth-order valence-corrected chi connectivity index (χ4v) is 2.39. The Bertz CT molecular complexity index is 883. The Labute approximate surface area is 163 Å². The van der Waals surface area contributed by atoms with Crippen LogP contribution in [0.25, 0.3) is 0 Å². The normalized spacial score (nSPS) is 10.3. The molecule has 0 saturated heterocycles. The largest absolute Gasteiger partial charge is 0.497 e. The molecule has 0 radical (unpaired) electrons. The summed E-state index contributed by atoms with van der Waals surface area (Å²) in [5.41, 5.74) is 1.44. The number of benzene rings is 2. The lowest BCUT2D eigenvalue weighted by Gasteiger charge is -2.09. The minimum atomic E-state index is 0.475. The summed E-state index contributed by atoms with van der Waals surface area (Å²) in [6.45, 7) is 1.71. The molecule has 1 heterocycles. The summed E-state index contributed by atoms with van der Waals surface area (Å²) in [5, 5.41) is 3.26. The van der Waals surface area contributed by atoms with Crippen LogP contribution in [0.3, 0.4) is 0 Å². The van der Waals surface area contributed by atoms with Gasteiger partial charge in [-0.3, -0.25) is 4.79 Å². The standard InChI is InChI=1S/C21H21N3O4/c1-26-18-6-8-20(9-7-18)28-21-12-17(23-15-24-21)13-22-10-11-27-19-4-2-16(14-25)3-5-19/h2-9,12,14-15,22H,10-11,13H2,1H3. The Morgan fingerprint density at radius 1 is 0.964 bits per heavy atom. The molecule has 28 heavy (non-hydrogen) atoms. The fraction of sp³-hybridized carbons (Fsp3) is 0.190. The Hall–Kier alpha value is -3.45. The number of carbonyl (C=O) groups is 1. The summed E-state index contributed by atoms with van der Waals surface area (Å²) < 4.78 is 16.5. The van der Waals surface area contributed by atoms with E-state index in [1.807, 2.05) is 24.3 Å². The van der Waals surface area contributed by atoms with Crippen LogP contribution >= 0.6 is 0 Å². The summed E-state index contributed by atoms with van der Waals surface area (Å²) in [5.74, 6) is 2.64. The van der Waals surface area contributed by atoms with E-state index >= 15 is 0 Å². The molecule has 0 saturated carbocycles. The molecule has 0 spiro atoms. The first-order chi connectivity index (χ1) is 13.8. The summed E-state index contributed by atoms with van der Waals surface area (Å²) in [6.07, 6.45) is 2.28. The van der Waals surface area contributed by atoms with Crippen LogP contribution < -0.4 is 19.5 Å². The molecule has 144 valence electrons. The zero-order chi connectivity index (χ0) is 19.6. The van der Waals surface area contributed by atoms with E-state index in [1.165, 1.54) is 6.33 Å². The maximum Gasteiger partial charge on any atom is 0.222 e. The van der Waals surface area contributed by atoms with Gasteiger partial charge in [-0.1, -0.05) is 0 Å². The third kappa shape index (κ3) is 5.78. The summed E-state index contributed by atoms with van der Waals surface area (Å²) in [6, 6.07) is 16.1. The van der Waals surface area contributed by atoms with Crippen LogP contribution in [0.5, 0.6) is 23.1 Å². The average Bonchev–Trinajstić information content (AvgIpc) is 2.75. The molecule has 0 unspecified atom stereocenters. The van der Waals surface area contributed by atoms with Crippen molar-refractivity contribution in [2.45, 2.75) is 6.54 Å². The van der Waals surface area contributed by atoms with Crippen molar-refractivity contribution in [1.82, 2.24) is 15.3 Å². The van der Waals surface area contributed by atoms with Gasteiger partial charge in [0.1, 0.15) is 36.5 Å². The minimum Gasteiger partial charge on any atom is -0.497 e. The van der Waals surface area contributed by atoms with Crippen molar-refractivity contribution in [3.05, 3.63) is 72.2 Å². The molecule has 3 rings (SSSR count). The number of carbonyl (C=O) groups excluding carboxylic acids is 1. The zero-order valence-corrected chi connectivity index (χ0v) is 15.5. The molecule has 0 aliphatic rings. The zero-order valence-electron chi connectivity index (χ0n) is 15.5. The van der Waals surface area contributed by atoms with Gasteiger partial charge in [0.2, 0.25) is 5.88 Å². The molecule has 7 nitrogen and oxygen atoms in total. The summed E-state index contributed by atoms with van der Waals surface area (Å²) in [4.78, 5) is 19.0. The molecule has 0 aliphatic heterocycles. The molecule has 7 heteroatoms. The van der Waals surface area contributed by atoms with E-state index in [-0.39, 0.29) is 0 Å². The maximum atomic E-state index is 10.6. The van der Waals surface area contributed by atoms with E-state index in [9.17, 15) is 4.79 Å². The molecule has 1 N–H and O–H groups in total. The van der Waals surface area contributed by atoms with Crippen LogP contribution in [0.4, 0.5) is 0 Å². The summed E-state index contributed by atoms with van der Waals surface area (Å²) in [7, 11) is 1.62. The second-order valence-electron chi connectivity index (χ2n) is 5.84. The van der Waals surface area contributed by atoms with Crippen LogP contribution in [0.2, 0.25) is 0 Å². The number of nitrogens with one attached hydrogen (secondary N) is 1. The lowest BCUT2D eigenvalue weighted by atomic mass is 10.2. The lowest BCUT2D eigenvalue weighted by Crippen LogP contribution is -2.21. The second kappa shape index (κ2) is 10.0. The quantitative estimate of drug-likeness (QED) is 0.428. The van der Waals surface area contributed by atoms with Crippen LogP contribution in [0, 0.1) is 0 Å². The second-order valence-corrected chi connectivity index (χ2v) is 5.84. The van der Waals surface area contributed by atoms with Crippen molar-refractivity contribution in [1.29, 1.82) is 0 Å². The number of hydrogen-bond acceptors (Lipinski definition) is 7. The Morgan fingerprint density at radius 3 is 2.39 bits per heavy atom. The first-order valence-electron chi connectivity index (χ1n) is 8.78. The van der Waals surface area contributed by atoms with Gasteiger partial charge >= 0.3 is 0 Å². The molecule has 1 aromatic heterocycles. The smallest absolute Gasteiger partial charge is 0.222 e. The highest BCUT2D eigenvalue weighted by atomic mass is 16.5. The highest BCUT2D eigenvalue weighted by Gasteiger charge is 2.03. The molecule has 3 aromatic rings. The van der Waals surface area contributed by atoms with Crippen molar-refractivity contribution in [2.24, 2.45) is 0 Å². The van der Waals surface area contributed by atoms with E-state index in [4.69, 9.17) is 14.2 Å². The number of ether oxygens (including phenoxy) is 3. The Balaban J connectivity index is 1.43. The highest BCUT2D eigenvalue weighted by Crippen LogP contribution is 2.22. The molecule has 0 atom stereocenters. The van der Waals surface area contributed by atoms with Gasteiger partial charge in [0.25, 0.3) is 0 Å².